The molecular formula is C29H21NOS. The molecule has 1 aromatic heterocycles. The van der Waals surface area contributed by atoms with Gasteiger partial charge in [-0.05, 0) is 71.8 Å². The summed E-state index contributed by atoms with van der Waals surface area (Å²) in [5, 5.41) is 4.98. The van der Waals surface area contributed by atoms with Gasteiger partial charge in [0.1, 0.15) is 0 Å². The quantitative estimate of drug-likeness (QED) is 0.286. The molecule has 3 aromatic carbocycles. The maximum absolute atomic E-state index is 6.40. The number of ether oxygens (including phenoxy) is 1. The van der Waals surface area contributed by atoms with Gasteiger partial charge >= 0.3 is 0 Å². The van der Waals surface area contributed by atoms with Crippen LogP contribution in [0.1, 0.15) is 34.4 Å². The van der Waals surface area contributed by atoms with Gasteiger partial charge in [-0.2, -0.15) is 0 Å². The Morgan fingerprint density at radius 2 is 1.66 bits per heavy atom. The van der Waals surface area contributed by atoms with Crippen LogP contribution < -0.4 is 10.1 Å². The van der Waals surface area contributed by atoms with Crippen molar-refractivity contribution in [2.45, 2.75) is 19.3 Å². The van der Waals surface area contributed by atoms with Crippen LogP contribution in [0.15, 0.2) is 66.8 Å². The zero-order valence-electron chi connectivity index (χ0n) is 17.5. The third-order valence-electron chi connectivity index (χ3n) is 6.50. The number of fused-ring (bicyclic) bond motifs is 7. The lowest BCUT2D eigenvalue weighted by Crippen LogP contribution is -2.05. The molecule has 0 radical (unpaired) electrons. The van der Waals surface area contributed by atoms with Gasteiger partial charge in [-0.25, -0.2) is 0 Å². The Balaban J connectivity index is 1.29. The molecule has 3 heteroatoms. The Bertz CT molecular complexity index is 1500. The highest BCUT2D eigenvalue weighted by Gasteiger charge is 2.21. The number of hydrogen-bond donors (Lipinski definition) is 1. The number of thiophene rings is 1. The molecule has 0 spiro atoms. The van der Waals surface area contributed by atoms with Crippen LogP contribution >= 0.6 is 11.3 Å². The number of aryl methyl sites for hydroxylation is 1. The van der Waals surface area contributed by atoms with E-state index in [9.17, 15) is 0 Å². The molecule has 154 valence electrons. The molecular weight excluding hydrogens is 410 g/mol. The summed E-state index contributed by atoms with van der Waals surface area (Å²) in [4.78, 5) is 1.51. The first-order valence-electron chi connectivity index (χ1n) is 11.1. The lowest BCUT2D eigenvalue weighted by molar-refractivity contribution is 0.480. The largest absolute Gasteiger partial charge is 0.452 e. The van der Waals surface area contributed by atoms with Crippen molar-refractivity contribution < 1.29 is 4.74 Å². The van der Waals surface area contributed by atoms with Crippen molar-refractivity contribution >= 4 is 51.0 Å². The second-order valence-electron chi connectivity index (χ2n) is 8.51. The zero-order valence-corrected chi connectivity index (χ0v) is 18.3. The summed E-state index contributed by atoms with van der Waals surface area (Å²) in [5.41, 5.74) is 8.20. The van der Waals surface area contributed by atoms with Gasteiger partial charge in [0.15, 0.2) is 11.5 Å². The molecule has 0 atom stereocenters. The van der Waals surface area contributed by atoms with Gasteiger partial charge in [0, 0.05) is 20.5 Å². The Kier molecular flexibility index (Phi) is 3.94. The zero-order chi connectivity index (χ0) is 21.1. The summed E-state index contributed by atoms with van der Waals surface area (Å²) < 4.78 is 7.78. The summed E-state index contributed by atoms with van der Waals surface area (Å²) in [6, 6.07) is 17.6. The average Bonchev–Trinajstić information content (AvgIpc) is 3.02. The molecule has 7 rings (SSSR count). The van der Waals surface area contributed by atoms with Crippen LogP contribution in [0, 0.1) is 0 Å². The number of benzene rings is 3. The summed E-state index contributed by atoms with van der Waals surface area (Å²) in [5.74, 6) is 1.77. The standard InChI is InChI=1S/C29H21NOS/c1-2-6-18-10-13-24-29(21(18)7-3-1)31-26-14-11-20(17-25(26)30-24)19-12-15-28-23(16-19)22-8-4-5-9-27(22)32-28/h2-4,6-8,10-17,30H,1,5,9H2. The normalized spacial score (nSPS) is 15.2. The molecule has 0 saturated carbocycles. The predicted molar refractivity (Wildman–Crippen MR) is 137 cm³/mol. The molecule has 3 aliphatic rings. The fourth-order valence-corrected chi connectivity index (χ4v) is 6.07. The van der Waals surface area contributed by atoms with E-state index in [1.807, 2.05) is 11.3 Å². The first-order valence-corrected chi connectivity index (χ1v) is 12.0. The number of rotatable bonds is 1. The molecule has 2 aliphatic carbocycles. The van der Waals surface area contributed by atoms with Gasteiger partial charge in [0.05, 0.1) is 11.4 Å². The van der Waals surface area contributed by atoms with E-state index in [2.05, 4.69) is 90.3 Å². The van der Waals surface area contributed by atoms with Gasteiger partial charge in [-0.15, -0.1) is 11.3 Å². The van der Waals surface area contributed by atoms with Crippen molar-refractivity contribution in [1.82, 2.24) is 0 Å². The minimum atomic E-state index is 0.869. The number of allylic oxidation sites excluding steroid dienone is 3. The lowest BCUT2D eigenvalue weighted by Gasteiger charge is -2.24. The van der Waals surface area contributed by atoms with E-state index in [1.165, 1.54) is 37.2 Å². The first-order chi connectivity index (χ1) is 15.8. The number of hydrogen-bond acceptors (Lipinski definition) is 3. The maximum Gasteiger partial charge on any atom is 0.158 e. The minimum absolute atomic E-state index is 0.869. The van der Waals surface area contributed by atoms with Crippen molar-refractivity contribution in [2.75, 3.05) is 5.32 Å². The van der Waals surface area contributed by atoms with E-state index in [4.69, 9.17) is 4.74 Å². The van der Waals surface area contributed by atoms with Crippen molar-refractivity contribution in [3.8, 4) is 22.6 Å². The molecule has 4 aromatic rings. The third kappa shape index (κ3) is 2.78. The predicted octanol–water partition coefficient (Wildman–Crippen LogP) is 8.81. The fraction of sp³-hybridized carbons (Fsp3) is 0.103. The lowest BCUT2D eigenvalue weighted by atomic mass is 9.98. The van der Waals surface area contributed by atoms with Crippen molar-refractivity contribution in [2.24, 2.45) is 0 Å². The van der Waals surface area contributed by atoms with E-state index >= 15 is 0 Å². The maximum atomic E-state index is 6.40. The van der Waals surface area contributed by atoms with Crippen LogP contribution in [0.2, 0.25) is 0 Å². The van der Waals surface area contributed by atoms with Gasteiger partial charge in [0.25, 0.3) is 0 Å². The van der Waals surface area contributed by atoms with E-state index < -0.39 is 0 Å². The van der Waals surface area contributed by atoms with E-state index in [-0.39, 0.29) is 0 Å². The number of anilines is 2. The van der Waals surface area contributed by atoms with E-state index in [0.29, 0.717) is 0 Å². The Labute approximate surface area is 191 Å². The second kappa shape index (κ2) is 6.98. The van der Waals surface area contributed by atoms with Crippen LogP contribution in [0.4, 0.5) is 11.4 Å². The summed E-state index contributed by atoms with van der Waals surface area (Å²) in [6.45, 7) is 0. The monoisotopic (exact) mass is 431 g/mol. The molecule has 2 nitrogen and oxygen atoms in total. The Hall–Kier alpha value is -3.56. The van der Waals surface area contributed by atoms with Gasteiger partial charge in [-0.1, -0.05) is 54.7 Å². The van der Waals surface area contributed by atoms with Gasteiger partial charge in [-0.3, -0.25) is 0 Å². The minimum Gasteiger partial charge on any atom is -0.452 e. The first kappa shape index (κ1) is 18.1. The summed E-state index contributed by atoms with van der Waals surface area (Å²) in [7, 11) is 0. The van der Waals surface area contributed by atoms with Crippen LogP contribution in [-0.2, 0) is 6.42 Å². The molecule has 1 N–H and O–H groups in total. The van der Waals surface area contributed by atoms with Gasteiger partial charge < -0.3 is 10.1 Å². The topological polar surface area (TPSA) is 21.3 Å². The third-order valence-corrected chi connectivity index (χ3v) is 7.75. The van der Waals surface area contributed by atoms with E-state index in [1.54, 1.807) is 0 Å². The molecule has 2 heterocycles. The van der Waals surface area contributed by atoms with Crippen LogP contribution in [0.25, 0.3) is 39.4 Å². The SMILES string of the molecule is C1=Cc2ccc3c(c2C=CC1)Oc1ccc(-c2ccc4sc5c(c4c2)C=CCC5)cc1N3. The molecule has 32 heavy (non-hydrogen) atoms. The van der Waals surface area contributed by atoms with Crippen LogP contribution in [0.5, 0.6) is 11.5 Å². The molecule has 0 fully saturated rings. The summed E-state index contributed by atoms with van der Waals surface area (Å²) in [6.07, 6.45) is 16.6. The smallest absolute Gasteiger partial charge is 0.158 e. The molecule has 0 bridgehead atoms. The van der Waals surface area contributed by atoms with Crippen molar-refractivity contribution in [1.29, 1.82) is 0 Å². The van der Waals surface area contributed by atoms with Gasteiger partial charge in [0.2, 0.25) is 0 Å². The summed E-state index contributed by atoms with van der Waals surface area (Å²) >= 11 is 1.94. The average molecular weight is 432 g/mol. The number of nitrogens with one attached hydrogen (secondary N) is 1. The van der Waals surface area contributed by atoms with E-state index in [0.717, 1.165) is 47.7 Å². The molecule has 0 amide bonds. The molecule has 1 aliphatic heterocycles. The highest BCUT2D eigenvalue weighted by Crippen LogP contribution is 2.47. The molecule has 0 unspecified atom stereocenters. The Morgan fingerprint density at radius 1 is 0.781 bits per heavy atom. The second-order valence-corrected chi connectivity index (χ2v) is 9.65. The highest BCUT2D eigenvalue weighted by molar-refractivity contribution is 7.19. The van der Waals surface area contributed by atoms with Crippen LogP contribution in [-0.4, -0.2) is 0 Å². The van der Waals surface area contributed by atoms with Crippen molar-refractivity contribution in [3.05, 3.63) is 88.3 Å². The highest BCUT2D eigenvalue weighted by atomic mass is 32.1. The van der Waals surface area contributed by atoms with Crippen molar-refractivity contribution in [3.63, 3.8) is 0 Å². The fourth-order valence-electron chi connectivity index (χ4n) is 4.88. The van der Waals surface area contributed by atoms with Crippen LogP contribution in [0.3, 0.4) is 0 Å². The molecule has 0 saturated heterocycles. The Morgan fingerprint density at radius 3 is 2.66 bits per heavy atom.